The van der Waals surface area contributed by atoms with Gasteiger partial charge < -0.3 is 4.18 Å². The standard InChI is InChI=1S/C20H16O5S/c1-26(23,24)25-20-17(22)13-12-16(21)19(20)18(14-8-4-2-5-9-14)15-10-6-3-7-11-15/h2-13,18H,1H3. The van der Waals surface area contributed by atoms with E-state index in [0.29, 0.717) is 0 Å². The van der Waals surface area contributed by atoms with Gasteiger partial charge in [0.2, 0.25) is 5.78 Å². The number of benzene rings is 2. The number of rotatable bonds is 5. The number of allylic oxidation sites excluding steroid dienone is 3. The highest BCUT2D eigenvalue weighted by molar-refractivity contribution is 7.86. The number of carbonyl (C=O) groups is 2. The Kier molecular flexibility index (Phi) is 4.86. The van der Waals surface area contributed by atoms with Gasteiger partial charge in [0, 0.05) is 5.92 Å². The van der Waals surface area contributed by atoms with E-state index in [0.717, 1.165) is 29.5 Å². The maximum absolute atomic E-state index is 12.7. The Morgan fingerprint density at radius 1 is 0.769 bits per heavy atom. The molecule has 0 N–H and O–H groups in total. The molecule has 1 aliphatic carbocycles. The predicted molar refractivity (Wildman–Crippen MR) is 96.8 cm³/mol. The van der Waals surface area contributed by atoms with Crippen molar-refractivity contribution in [2.75, 3.05) is 6.26 Å². The van der Waals surface area contributed by atoms with Crippen molar-refractivity contribution in [1.29, 1.82) is 0 Å². The zero-order valence-corrected chi connectivity index (χ0v) is 14.8. The van der Waals surface area contributed by atoms with Crippen LogP contribution in [0.25, 0.3) is 0 Å². The van der Waals surface area contributed by atoms with E-state index in [1.54, 1.807) is 0 Å². The van der Waals surface area contributed by atoms with Crippen LogP contribution in [-0.2, 0) is 23.9 Å². The fraction of sp³-hybridized carbons (Fsp3) is 0.100. The summed E-state index contributed by atoms with van der Waals surface area (Å²) in [5, 5.41) is 0. The summed E-state index contributed by atoms with van der Waals surface area (Å²) in [6.07, 6.45) is 3.01. The highest BCUT2D eigenvalue weighted by Crippen LogP contribution is 2.36. The van der Waals surface area contributed by atoms with E-state index in [4.69, 9.17) is 4.18 Å². The fourth-order valence-electron chi connectivity index (χ4n) is 2.89. The van der Waals surface area contributed by atoms with Crippen molar-refractivity contribution in [3.05, 3.63) is 95.3 Å². The molecule has 0 atom stereocenters. The summed E-state index contributed by atoms with van der Waals surface area (Å²) < 4.78 is 28.2. The third-order valence-corrected chi connectivity index (χ3v) is 4.38. The molecule has 132 valence electrons. The number of hydrogen-bond donors (Lipinski definition) is 0. The van der Waals surface area contributed by atoms with Crippen molar-refractivity contribution in [1.82, 2.24) is 0 Å². The Labute approximate surface area is 151 Å². The normalized spacial score (nSPS) is 14.8. The molecule has 0 saturated heterocycles. The quantitative estimate of drug-likeness (QED) is 0.599. The molecule has 0 saturated carbocycles. The molecule has 0 fully saturated rings. The summed E-state index contributed by atoms with van der Waals surface area (Å²) >= 11 is 0. The summed E-state index contributed by atoms with van der Waals surface area (Å²) in [6, 6.07) is 18.2. The van der Waals surface area contributed by atoms with Crippen LogP contribution in [0.15, 0.2) is 84.1 Å². The van der Waals surface area contributed by atoms with E-state index >= 15 is 0 Å². The van der Waals surface area contributed by atoms with Crippen molar-refractivity contribution in [2.45, 2.75) is 5.92 Å². The summed E-state index contributed by atoms with van der Waals surface area (Å²) in [4.78, 5) is 25.0. The van der Waals surface area contributed by atoms with Gasteiger partial charge in [-0.15, -0.1) is 0 Å². The predicted octanol–water partition coefficient (Wildman–Crippen LogP) is 2.76. The molecule has 0 bridgehead atoms. The van der Waals surface area contributed by atoms with Gasteiger partial charge in [0.15, 0.2) is 11.5 Å². The van der Waals surface area contributed by atoms with Crippen LogP contribution in [0.1, 0.15) is 17.0 Å². The molecule has 26 heavy (non-hydrogen) atoms. The minimum atomic E-state index is -3.98. The average molecular weight is 368 g/mol. The summed E-state index contributed by atoms with van der Waals surface area (Å²) in [7, 11) is -3.98. The summed E-state index contributed by atoms with van der Waals surface area (Å²) in [5.41, 5.74) is 1.51. The van der Waals surface area contributed by atoms with Crippen LogP contribution in [0.4, 0.5) is 0 Å². The molecule has 0 radical (unpaired) electrons. The highest BCUT2D eigenvalue weighted by atomic mass is 32.2. The molecule has 0 unspecified atom stereocenters. The second kappa shape index (κ2) is 7.09. The van der Waals surface area contributed by atoms with Crippen LogP contribution in [0.5, 0.6) is 0 Å². The lowest BCUT2D eigenvalue weighted by Gasteiger charge is -2.23. The van der Waals surface area contributed by atoms with Gasteiger partial charge in [-0.05, 0) is 23.3 Å². The molecule has 5 nitrogen and oxygen atoms in total. The minimum Gasteiger partial charge on any atom is -0.378 e. The van der Waals surface area contributed by atoms with Crippen LogP contribution >= 0.6 is 0 Å². The van der Waals surface area contributed by atoms with Crippen LogP contribution in [0.3, 0.4) is 0 Å². The van der Waals surface area contributed by atoms with E-state index in [9.17, 15) is 18.0 Å². The van der Waals surface area contributed by atoms with Crippen molar-refractivity contribution in [2.24, 2.45) is 0 Å². The van der Waals surface area contributed by atoms with Crippen molar-refractivity contribution in [3.63, 3.8) is 0 Å². The number of ketones is 2. The second-order valence-corrected chi connectivity index (χ2v) is 7.42. The number of carbonyl (C=O) groups excluding carboxylic acids is 2. The topological polar surface area (TPSA) is 77.5 Å². The van der Waals surface area contributed by atoms with Crippen LogP contribution in [0, 0.1) is 0 Å². The molecule has 1 aliphatic rings. The van der Waals surface area contributed by atoms with Crippen LogP contribution in [0.2, 0.25) is 0 Å². The monoisotopic (exact) mass is 368 g/mol. The van der Waals surface area contributed by atoms with E-state index < -0.39 is 33.4 Å². The Morgan fingerprint density at radius 2 is 1.23 bits per heavy atom. The fourth-order valence-corrected chi connectivity index (χ4v) is 3.36. The van der Waals surface area contributed by atoms with Gasteiger partial charge in [0.05, 0.1) is 11.8 Å². The molecule has 6 heteroatoms. The maximum Gasteiger partial charge on any atom is 0.306 e. The Morgan fingerprint density at radius 3 is 1.69 bits per heavy atom. The zero-order valence-electron chi connectivity index (χ0n) is 14.0. The first-order valence-electron chi connectivity index (χ1n) is 7.87. The molecule has 3 rings (SSSR count). The number of hydrogen-bond acceptors (Lipinski definition) is 5. The van der Waals surface area contributed by atoms with E-state index in [-0.39, 0.29) is 5.57 Å². The molecule has 2 aromatic rings. The van der Waals surface area contributed by atoms with Gasteiger partial charge in [0.25, 0.3) is 0 Å². The first-order valence-corrected chi connectivity index (χ1v) is 9.69. The Hall–Kier alpha value is -2.99. The highest BCUT2D eigenvalue weighted by Gasteiger charge is 2.34. The van der Waals surface area contributed by atoms with Crippen LogP contribution in [-0.4, -0.2) is 26.2 Å². The third-order valence-electron chi connectivity index (χ3n) is 3.91. The molecule has 0 heterocycles. The molecule has 0 aliphatic heterocycles. The first kappa shape index (κ1) is 17.8. The molecular weight excluding hydrogens is 352 g/mol. The van der Waals surface area contributed by atoms with E-state index in [1.165, 1.54) is 0 Å². The molecule has 0 aromatic heterocycles. The first-order chi connectivity index (χ1) is 12.4. The van der Waals surface area contributed by atoms with Gasteiger partial charge in [-0.2, -0.15) is 8.42 Å². The van der Waals surface area contributed by atoms with E-state index in [2.05, 4.69) is 0 Å². The second-order valence-electron chi connectivity index (χ2n) is 5.85. The van der Waals surface area contributed by atoms with Gasteiger partial charge in [-0.1, -0.05) is 60.7 Å². The van der Waals surface area contributed by atoms with Gasteiger partial charge in [0.1, 0.15) is 0 Å². The van der Waals surface area contributed by atoms with Crippen molar-refractivity contribution in [3.8, 4) is 0 Å². The maximum atomic E-state index is 12.7. The lowest BCUT2D eigenvalue weighted by atomic mass is 9.80. The molecule has 0 spiro atoms. The summed E-state index contributed by atoms with van der Waals surface area (Å²) in [5.74, 6) is -2.18. The molecule has 2 aromatic carbocycles. The van der Waals surface area contributed by atoms with Gasteiger partial charge >= 0.3 is 10.1 Å². The minimum absolute atomic E-state index is 0.0142. The Balaban J connectivity index is 2.27. The van der Waals surface area contributed by atoms with Crippen LogP contribution < -0.4 is 0 Å². The smallest absolute Gasteiger partial charge is 0.306 e. The average Bonchev–Trinajstić information content (AvgIpc) is 2.62. The third kappa shape index (κ3) is 3.81. The summed E-state index contributed by atoms with van der Waals surface area (Å²) in [6.45, 7) is 0. The largest absolute Gasteiger partial charge is 0.378 e. The lowest BCUT2D eigenvalue weighted by Crippen LogP contribution is -2.23. The van der Waals surface area contributed by atoms with Crippen molar-refractivity contribution >= 4 is 21.7 Å². The Bertz CT molecular complexity index is 963. The molecule has 0 amide bonds. The van der Waals surface area contributed by atoms with Crippen molar-refractivity contribution < 1.29 is 22.2 Å². The lowest BCUT2D eigenvalue weighted by molar-refractivity contribution is -0.116. The van der Waals surface area contributed by atoms with Gasteiger partial charge in [-0.25, -0.2) is 0 Å². The molecular formula is C20H16O5S. The zero-order chi connectivity index (χ0) is 18.7. The van der Waals surface area contributed by atoms with E-state index in [1.807, 2.05) is 60.7 Å². The van der Waals surface area contributed by atoms with Gasteiger partial charge in [-0.3, -0.25) is 9.59 Å². The SMILES string of the molecule is CS(=O)(=O)OC1=C(C(c2ccccc2)c2ccccc2)C(=O)C=CC1=O.